The fourth-order valence-corrected chi connectivity index (χ4v) is 8.95. The number of hydrogen-bond acceptors (Lipinski definition) is 2. The van der Waals surface area contributed by atoms with E-state index >= 15 is 0 Å². The van der Waals surface area contributed by atoms with Gasteiger partial charge in [0.1, 0.15) is 0 Å². The van der Waals surface area contributed by atoms with E-state index in [9.17, 15) is 0 Å². The fourth-order valence-electron chi connectivity index (χ4n) is 8.95. The molecule has 0 N–H and O–H groups in total. The van der Waals surface area contributed by atoms with Gasteiger partial charge in [-0.25, -0.2) is 9.97 Å². The molecule has 3 heterocycles. The zero-order valence-corrected chi connectivity index (χ0v) is 29.5. The molecule has 3 aromatic heterocycles. The van der Waals surface area contributed by atoms with Crippen LogP contribution in [0.1, 0.15) is 25.0 Å². The highest BCUT2D eigenvalue weighted by Crippen LogP contribution is 2.51. The molecule has 0 radical (unpaired) electrons. The lowest BCUT2D eigenvalue weighted by Gasteiger charge is -2.24. The Hall–Kier alpha value is -6.78. The molecule has 0 fully saturated rings. The molecule has 10 aromatic rings. The molecule has 0 atom stereocenters. The van der Waals surface area contributed by atoms with Crippen molar-refractivity contribution in [3.63, 3.8) is 0 Å². The Morgan fingerprint density at radius 3 is 1.68 bits per heavy atom. The molecule has 7 aromatic carbocycles. The zero-order chi connectivity index (χ0) is 35.3. The molecule has 4 nitrogen and oxygen atoms in total. The Labute approximate surface area is 307 Å². The number of nitrogens with zero attached hydrogens (tertiary/aromatic N) is 4. The summed E-state index contributed by atoms with van der Waals surface area (Å²) < 4.78 is 4.82. The minimum atomic E-state index is -0.244. The SMILES string of the molecule is CC1(C)c2ccccc2-c2nc(-c3ccccc3-n3c4ccccc4c4cc5c(cc43)c3ccccc3n5-c3ccccc3)nc(-c3ccccc3)c21. The average Bonchev–Trinajstić information content (AvgIpc) is 3.80. The van der Waals surface area contributed by atoms with Crippen LogP contribution in [-0.4, -0.2) is 19.1 Å². The predicted molar refractivity (Wildman–Crippen MR) is 219 cm³/mol. The first-order valence-electron chi connectivity index (χ1n) is 18.3. The van der Waals surface area contributed by atoms with Crippen molar-refractivity contribution in [2.45, 2.75) is 19.3 Å². The summed E-state index contributed by atoms with van der Waals surface area (Å²) >= 11 is 0. The molecule has 1 aliphatic rings. The Morgan fingerprint density at radius 1 is 0.434 bits per heavy atom. The third-order valence-corrected chi connectivity index (χ3v) is 11.3. The van der Waals surface area contributed by atoms with Gasteiger partial charge in [0.25, 0.3) is 0 Å². The normalized spacial score (nSPS) is 13.2. The molecule has 250 valence electrons. The summed E-state index contributed by atoms with van der Waals surface area (Å²) in [6, 6.07) is 60.9. The number of hydrogen-bond donors (Lipinski definition) is 0. The average molecular weight is 679 g/mol. The van der Waals surface area contributed by atoms with Crippen LogP contribution >= 0.6 is 0 Å². The van der Waals surface area contributed by atoms with Crippen molar-refractivity contribution in [2.75, 3.05) is 0 Å². The fraction of sp³-hybridized carbons (Fsp3) is 0.0612. The van der Waals surface area contributed by atoms with Gasteiger partial charge >= 0.3 is 0 Å². The Kier molecular flexibility index (Phi) is 6.27. The Balaban J connectivity index is 1.22. The lowest BCUT2D eigenvalue weighted by atomic mass is 9.81. The molecular weight excluding hydrogens is 645 g/mol. The number of rotatable bonds is 4. The molecule has 11 rings (SSSR count). The highest BCUT2D eigenvalue weighted by molar-refractivity contribution is 6.19. The van der Waals surface area contributed by atoms with E-state index in [2.05, 4.69) is 193 Å². The third kappa shape index (κ3) is 4.24. The van der Waals surface area contributed by atoms with E-state index in [0.29, 0.717) is 0 Å². The van der Waals surface area contributed by atoms with Gasteiger partial charge in [-0.15, -0.1) is 0 Å². The van der Waals surface area contributed by atoms with Crippen LogP contribution in [0, 0.1) is 0 Å². The van der Waals surface area contributed by atoms with Gasteiger partial charge in [0, 0.05) is 54.9 Å². The van der Waals surface area contributed by atoms with Gasteiger partial charge < -0.3 is 9.13 Å². The molecular formula is C49H34N4. The number of para-hydroxylation sites is 4. The van der Waals surface area contributed by atoms with E-state index in [4.69, 9.17) is 9.97 Å². The molecule has 53 heavy (non-hydrogen) atoms. The van der Waals surface area contributed by atoms with Crippen molar-refractivity contribution >= 4 is 43.6 Å². The molecule has 0 saturated heterocycles. The van der Waals surface area contributed by atoms with E-state index in [1.165, 1.54) is 49.3 Å². The number of aromatic nitrogens is 4. The van der Waals surface area contributed by atoms with Crippen LogP contribution in [-0.2, 0) is 5.41 Å². The van der Waals surface area contributed by atoms with E-state index in [-0.39, 0.29) is 5.41 Å². The highest BCUT2D eigenvalue weighted by Gasteiger charge is 2.40. The summed E-state index contributed by atoms with van der Waals surface area (Å²) in [6.07, 6.45) is 0. The van der Waals surface area contributed by atoms with Gasteiger partial charge in [-0.2, -0.15) is 0 Å². The van der Waals surface area contributed by atoms with Gasteiger partial charge in [0.2, 0.25) is 0 Å². The van der Waals surface area contributed by atoms with Gasteiger partial charge in [-0.1, -0.05) is 135 Å². The smallest absolute Gasteiger partial charge is 0.162 e. The summed E-state index contributed by atoms with van der Waals surface area (Å²) in [7, 11) is 0. The van der Waals surface area contributed by atoms with E-state index in [1.54, 1.807) is 0 Å². The van der Waals surface area contributed by atoms with Crippen LogP contribution in [0.25, 0.3) is 88.9 Å². The summed E-state index contributed by atoms with van der Waals surface area (Å²) in [5.74, 6) is 0.721. The molecule has 0 bridgehead atoms. The second-order valence-corrected chi connectivity index (χ2v) is 14.6. The summed E-state index contributed by atoms with van der Waals surface area (Å²) in [5, 5.41) is 4.87. The number of fused-ring (bicyclic) bond motifs is 9. The maximum Gasteiger partial charge on any atom is 0.162 e. The first kappa shape index (κ1) is 29.9. The minimum Gasteiger partial charge on any atom is -0.309 e. The van der Waals surface area contributed by atoms with Gasteiger partial charge in [-0.05, 0) is 54.1 Å². The predicted octanol–water partition coefficient (Wildman–Crippen LogP) is 12.3. The van der Waals surface area contributed by atoms with Crippen LogP contribution in [0.15, 0.2) is 170 Å². The summed E-state index contributed by atoms with van der Waals surface area (Å²) in [5.41, 5.74) is 14.4. The van der Waals surface area contributed by atoms with Gasteiger partial charge in [0.15, 0.2) is 5.82 Å². The van der Waals surface area contributed by atoms with Crippen molar-refractivity contribution in [3.05, 3.63) is 181 Å². The molecule has 1 aliphatic carbocycles. The molecule has 4 heteroatoms. The summed E-state index contributed by atoms with van der Waals surface area (Å²) in [4.78, 5) is 11.0. The van der Waals surface area contributed by atoms with Crippen molar-refractivity contribution in [1.29, 1.82) is 0 Å². The van der Waals surface area contributed by atoms with E-state index < -0.39 is 0 Å². The van der Waals surface area contributed by atoms with Crippen LogP contribution in [0.5, 0.6) is 0 Å². The lowest BCUT2D eigenvalue weighted by Crippen LogP contribution is -2.17. The first-order chi connectivity index (χ1) is 26.1. The molecule has 0 aliphatic heterocycles. The molecule has 0 unspecified atom stereocenters. The van der Waals surface area contributed by atoms with Gasteiger partial charge in [-0.3, -0.25) is 0 Å². The quantitative estimate of drug-likeness (QED) is 0.186. The highest BCUT2D eigenvalue weighted by atomic mass is 15.0. The summed E-state index contributed by atoms with van der Waals surface area (Å²) in [6.45, 7) is 4.60. The monoisotopic (exact) mass is 678 g/mol. The third-order valence-electron chi connectivity index (χ3n) is 11.3. The van der Waals surface area contributed by atoms with Crippen LogP contribution in [0.3, 0.4) is 0 Å². The minimum absolute atomic E-state index is 0.244. The van der Waals surface area contributed by atoms with Crippen molar-refractivity contribution < 1.29 is 0 Å². The second kappa shape index (κ2) is 11.1. The van der Waals surface area contributed by atoms with Crippen LogP contribution in [0.2, 0.25) is 0 Å². The van der Waals surface area contributed by atoms with Crippen molar-refractivity contribution in [3.8, 4) is 45.3 Å². The lowest BCUT2D eigenvalue weighted by molar-refractivity contribution is 0.658. The molecule has 0 amide bonds. The second-order valence-electron chi connectivity index (χ2n) is 14.6. The maximum absolute atomic E-state index is 5.49. The maximum atomic E-state index is 5.49. The standard InChI is InChI=1S/C49H34N4/c1-49(2)39-25-13-9-23-35(39)47-45(49)46(31-17-5-3-6-18-31)50-48(51-47)36-24-12-16-28-42(36)53-41-27-15-11-22-34(41)38-29-43-37(30-44(38)53)33-21-10-14-26-40(33)52(43)32-19-7-4-8-20-32/h3-30H,1-2H3. The van der Waals surface area contributed by atoms with Crippen LogP contribution < -0.4 is 0 Å². The van der Waals surface area contributed by atoms with Crippen molar-refractivity contribution in [2.24, 2.45) is 0 Å². The van der Waals surface area contributed by atoms with Crippen LogP contribution in [0.4, 0.5) is 0 Å². The van der Waals surface area contributed by atoms with E-state index in [0.717, 1.165) is 50.7 Å². The molecule has 0 saturated carbocycles. The Bertz CT molecular complexity index is 3080. The van der Waals surface area contributed by atoms with Gasteiger partial charge in [0.05, 0.1) is 39.1 Å². The largest absolute Gasteiger partial charge is 0.309 e. The Morgan fingerprint density at radius 2 is 0.962 bits per heavy atom. The number of benzene rings is 7. The zero-order valence-electron chi connectivity index (χ0n) is 29.5. The van der Waals surface area contributed by atoms with Crippen molar-refractivity contribution in [1.82, 2.24) is 19.1 Å². The molecule has 0 spiro atoms. The first-order valence-corrected chi connectivity index (χ1v) is 18.3. The van der Waals surface area contributed by atoms with E-state index in [1.807, 2.05) is 0 Å². The topological polar surface area (TPSA) is 35.6 Å².